The van der Waals surface area contributed by atoms with Crippen molar-refractivity contribution in [3.8, 4) is 0 Å². The molecule has 0 rings (SSSR count). The van der Waals surface area contributed by atoms with E-state index in [4.69, 9.17) is 0 Å². The third-order valence-electron chi connectivity index (χ3n) is 2.84. The van der Waals surface area contributed by atoms with Crippen LogP contribution < -0.4 is 10.6 Å². The molecule has 0 aromatic rings. The van der Waals surface area contributed by atoms with E-state index in [1.54, 1.807) is 0 Å². The van der Waals surface area contributed by atoms with Gasteiger partial charge < -0.3 is 15.5 Å². The minimum atomic E-state index is 0.935. The summed E-state index contributed by atoms with van der Waals surface area (Å²) >= 11 is 0. The van der Waals surface area contributed by atoms with Gasteiger partial charge in [-0.2, -0.15) is 0 Å². The summed E-state index contributed by atoms with van der Waals surface area (Å²) < 4.78 is 0. The fraction of sp³-hybridized carbons (Fsp3) is 0.929. The Bertz CT molecular complexity index is 202. The second-order valence-electron chi connectivity index (χ2n) is 5.00. The predicted octanol–water partition coefficient (Wildman–Crippen LogP) is 2.07. The molecule has 18 heavy (non-hydrogen) atoms. The molecule has 0 radical (unpaired) electrons. The molecule has 0 atom stereocenters. The zero-order chi connectivity index (χ0) is 13.6. The van der Waals surface area contributed by atoms with Gasteiger partial charge in [-0.15, -0.1) is 0 Å². The Balaban J connectivity index is 3.28. The number of nitrogens with one attached hydrogen (secondary N) is 2. The maximum absolute atomic E-state index is 4.18. The highest BCUT2D eigenvalue weighted by molar-refractivity contribution is 5.79. The van der Waals surface area contributed by atoms with Crippen molar-refractivity contribution in [2.45, 2.75) is 45.4 Å². The van der Waals surface area contributed by atoms with Crippen molar-refractivity contribution in [3.05, 3.63) is 0 Å². The Labute approximate surface area is 113 Å². The van der Waals surface area contributed by atoms with Crippen LogP contribution in [-0.2, 0) is 0 Å². The van der Waals surface area contributed by atoms with Crippen LogP contribution in [0.1, 0.15) is 45.4 Å². The van der Waals surface area contributed by atoms with Gasteiger partial charge in [0.2, 0.25) is 0 Å². The Morgan fingerprint density at radius 2 is 1.56 bits per heavy atom. The van der Waals surface area contributed by atoms with Gasteiger partial charge in [0.1, 0.15) is 0 Å². The van der Waals surface area contributed by atoms with Crippen LogP contribution in [0, 0.1) is 0 Å². The first-order valence-electron chi connectivity index (χ1n) is 7.30. The number of guanidine groups is 1. The van der Waals surface area contributed by atoms with E-state index >= 15 is 0 Å². The first-order chi connectivity index (χ1) is 8.70. The lowest BCUT2D eigenvalue weighted by Gasteiger charge is -2.11. The smallest absolute Gasteiger partial charge is 0.190 e. The average molecular weight is 256 g/mol. The van der Waals surface area contributed by atoms with Crippen LogP contribution in [0.25, 0.3) is 0 Å². The van der Waals surface area contributed by atoms with E-state index in [0.717, 1.165) is 25.5 Å². The molecule has 4 nitrogen and oxygen atoms in total. The standard InChI is InChI=1S/C14H32N4/c1-5-11-16-14(15-2)17-12-9-7-6-8-10-13-18(3)4/h5-13H2,1-4H3,(H2,15,16,17). The molecule has 2 N–H and O–H groups in total. The molecule has 0 fully saturated rings. The van der Waals surface area contributed by atoms with Crippen LogP contribution in [0.5, 0.6) is 0 Å². The summed E-state index contributed by atoms with van der Waals surface area (Å²) in [5.74, 6) is 0.935. The second kappa shape index (κ2) is 12.7. The summed E-state index contributed by atoms with van der Waals surface area (Å²) in [6.45, 7) is 5.39. The third kappa shape index (κ3) is 11.7. The number of hydrogen-bond donors (Lipinski definition) is 2. The van der Waals surface area contributed by atoms with Gasteiger partial charge in [-0.05, 0) is 39.9 Å². The highest BCUT2D eigenvalue weighted by atomic mass is 15.2. The SMILES string of the molecule is CCCNC(=NC)NCCCCCCCN(C)C. The number of hydrogen-bond acceptors (Lipinski definition) is 2. The highest BCUT2D eigenvalue weighted by Crippen LogP contribution is 2.02. The zero-order valence-electron chi connectivity index (χ0n) is 12.8. The Morgan fingerprint density at radius 3 is 2.17 bits per heavy atom. The van der Waals surface area contributed by atoms with Crippen molar-refractivity contribution in [2.24, 2.45) is 4.99 Å². The Hall–Kier alpha value is -0.770. The van der Waals surface area contributed by atoms with Gasteiger partial charge in [0.25, 0.3) is 0 Å². The van der Waals surface area contributed by atoms with Crippen molar-refractivity contribution < 1.29 is 0 Å². The van der Waals surface area contributed by atoms with Crippen LogP contribution in [0.15, 0.2) is 4.99 Å². The summed E-state index contributed by atoms with van der Waals surface area (Å²) in [6, 6.07) is 0. The normalized spacial score (nSPS) is 11.9. The largest absolute Gasteiger partial charge is 0.356 e. The number of rotatable bonds is 10. The quantitative estimate of drug-likeness (QED) is 0.357. The van der Waals surface area contributed by atoms with E-state index < -0.39 is 0 Å². The second-order valence-corrected chi connectivity index (χ2v) is 5.00. The van der Waals surface area contributed by atoms with E-state index in [1.807, 2.05) is 7.05 Å². The molecule has 0 aliphatic carbocycles. The predicted molar refractivity (Wildman–Crippen MR) is 81.3 cm³/mol. The van der Waals surface area contributed by atoms with E-state index in [9.17, 15) is 0 Å². The molecule has 4 heteroatoms. The van der Waals surface area contributed by atoms with Gasteiger partial charge >= 0.3 is 0 Å². The van der Waals surface area contributed by atoms with Crippen molar-refractivity contribution in [1.29, 1.82) is 0 Å². The summed E-state index contributed by atoms with van der Waals surface area (Å²) in [4.78, 5) is 6.44. The summed E-state index contributed by atoms with van der Waals surface area (Å²) in [5, 5.41) is 6.62. The van der Waals surface area contributed by atoms with E-state index in [2.05, 4.69) is 41.5 Å². The van der Waals surface area contributed by atoms with Crippen LogP contribution in [-0.4, -0.2) is 51.6 Å². The molecule has 0 aliphatic rings. The van der Waals surface area contributed by atoms with Gasteiger partial charge in [-0.1, -0.05) is 26.2 Å². The molecule has 0 aliphatic heterocycles. The Kier molecular flexibility index (Phi) is 12.1. The lowest BCUT2D eigenvalue weighted by Crippen LogP contribution is -2.38. The molecule has 108 valence electrons. The molecule has 0 saturated carbocycles. The van der Waals surface area contributed by atoms with E-state index in [0.29, 0.717) is 0 Å². The maximum atomic E-state index is 4.18. The number of unbranched alkanes of at least 4 members (excludes halogenated alkanes) is 4. The fourth-order valence-corrected chi connectivity index (χ4v) is 1.75. The minimum absolute atomic E-state index is 0.935. The topological polar surface area (TPSA) is 39.7 Å². The molecule has 0 unspecified atom stereocenters. The molecule has 0 spiro atoms. The molecule has 0 aromatic carbocycles. The molecule has 0 heterocycles. The molecule has 0 bridgehead atoms. The Morgan fingerprint density at radius 1 is 0.944 bits per heavy atom. The number of nitrogens with zero attached hydrogens (tertiary/aromatic N) is 2. The average Bonchev–Trinajstić information content (AvgIpc) is 2.35. The first kappa shape index (κ1) is 17.2. The molecular weight excluding hydrogens is 224 g/mol. The molecule has 0 saturated heterocycles. The van der Waals surface area contributed by atoms with E-state index in [-0.39, 0.29) is 0 Å². The lowest BCUT2D eigenvalue weighted by atomic mass is 10.1. The van der Waals surface area contributed by atoms with Crippen molar-refractivity contribution in [2.75, 3.05) is 40.8 Å². The van der Waals surface area contributed by atoms with Gasteiger partial charge in [0.15, 0.2) is 5.96 Å². The molecular formula is C14H32N4. The lowest BCUT2D eigenvalue weighted by molar-refractivity contribution is 0.389. The van der Waals surface area contributed by atoms with Crippen molar-refractivity contribution in [3.63, 3.8) is 0 Å². The van der Waals surface area contributed by atoms with Gasteiger partial charge in [0.05, 0.1) is 0 Å². The van der Waals surface area contributed by atoms with Gasteiger partial charge in [-0.25, -0.2) is 0 Å². The monoisotopic (exact) mass is 256 g/mol. The summed E-state index contributed by atoms with van der Waals surface area (Å²) in [5.41, 5.74) is 0. The minimum Gasteiger partial charge on any atom is -0.356 e. The number of aliphatic imine (C=N–C) groups is 1. The van der Waals surface area contributed by atoms with Crippen LogP contribution in [0.4, 0.5) is 0 Å². The highest BCUT2D eigenvalue weighted by Gasteiger charge is 1.96. The van der Waals surface area contributed by atoms with Crippen LogP contribution in [0.2, 0.25) is 0 Å². The van der Waals surface area contributed by atoms with Crippen molar-refractivity contribution >= 4 is 5.96 Å². The van der Waals surface area contributed by atoms with Crippen molar-refractivity contribution in [1.82, 2.24) is 15.5 Å². The third-order valence-corrected chi connectivity index (χ3v) is 2.84. The van der Waals surface area contributed by atoms with E-state index in [1.165, 1.54) is 38.6 Å². The van der Waals surface area contributed by atoms with Gasteiger partial charge in [-0.3, -0.25) is 4.99 Å². The fourth-order valence-electron chi connectivity index (χ4n) is 1.75. The first-order valence-corrected chi connectivity index (χ1v) is 7.30. The van der Waals surface area contributed by atoms with Crippen LogP contribution >= 0.6 is 0 Å². The van der Waals surface area contributed by atoms with Crippen LogP contribution in [0.3, 0.4) is 0 Å². The molecule has 0 aromatic heterocycles. The summed E-state index contributed by atoms with van der Waals surface area (Å²) in [6.07, 6.45) is 7.68. The maximum Gasteiger partial charge on any atom is 0.190 e. The molecule has 0 amide bonds. The van der Waals surface area contributed by atoms with Gasteiger partial charge in [0, 0.05) is 20.1 Å². The summed E-state index contributed by atoms with van der Waals surface area (Å²) in [7, 11) is 6.10. The zero-order valence-corrected chi connectivity index (χ0v) is 12.8.